The molecule has 2 nitrogen and oxygen atoms in total. The molecule has 0 unspecified atom stereocenters. The molecule has 1 saturated heterocycles. The molecule has 0 amide bonds. The van der Waals surface area contributed by atoms with Gasteiger partial charge in [-0.15, -0.1) is 24.8 Å². The minimum atomic E-state index is -0.119. The molecule has 116 valence electrons. The van der Waals surface area contributed by atoms with Gasteiger partial charge in [0.25, 0.3) is 0 Å². The molecular weight excluding hydrogens is 298 g/mol. The Balaban J connectivity index is 0.00000180. The first-order chi connectivity index (χ1) is 8.72. The predicted molar refractivity (Wildman–Crippen MR) is 87.7 cm³/mol. The normalized spacial score (nSPS) is 16.9. The highest BCUT2D eigenvalue weighted by atomic mass is 35.5. The molecule has 1 aromatic carbocycles. The summed E-state index contributed by atoms with van der Waals surface area (Å²) in [4.78, 5) is 2.49. The number of benzene rings is 1. The Morgan fingerprint density at radius 2 is 1.90 bits per heavy atom. The molecule has 0 aromatic heterocycles. The van der Waals surface area contributed by atoms with Gasteiger partial charge >= 0.3 is 0 Å². The fraction of sp³-hybridized carbons (Fsp3) is 0.600. The molecule has 0 bridgehead atoms. The van der Waals surface area contributed by atoms with E-state index >= 15 is 0 Å². The van der Waals surface area contributed by atoms with Crippen LogP contribution in [0.25, 0.3) is 0 Å². The van der Waals surface area contributed by atoms with Gasteiger partial charge in [-0.05, 0) is 36.6 Å². The van der Waals surface area contributed by atoms with Crippen molar-refractivity contribution in [3.63, 3.8) is 0 Å². The van der Waals surface area contributed by atoms with Gasteiger partial charge < -0.3 is 5.32 Å². The smallest absolute Gasteiger partial charge is 0.123 e. The van der Waals surface area contributed by atoms with E-state index in [4.69, 9.17) is 0 Å². The maximum atomic E-state index is 13.5. The third kappa shape index (κ3) is 4.88. The van der Waals surface area contributed by atoms with Crippen LogP contribution in [0.4, 0.5) is 4.39 Å². The van der Waals surface area contributed by atoms with Crippen molar-refractivity contribution in [3.05, 3.63) is 35.1 Å². The Hall–Kier alpha value is -0.350. The van der Waals surface area contributed by atoms with E-state index in [1.807, 2.05) is 6.07 Å². The van der Waals surface area contributed by atoms with E-state index in [2.05, 4.69) is 24.1 Å². The summed E-state index contributed by atoms with van der Waals surface area (Å²) in [6.45, 7) is 8.47. The molecule has 1 aliphatic heterocycles. The molecule has 20 heavy (non-hydrogen) atoms. The lowest BCUT2D eigenvalue weighted by atomic mass is 9.95. The van der Waals surface area contributed by atoms with Gasteiger partial charge in [-0.2, -0.15) is 0 Å². The Morgan fingerprint density at radius 1 is 1.25 bits per heavy atom. The lowest BCUT2D eigenvalue weighted by Crippen LogP contribution is -2.45. The highest BCUT2D eigenvalue weighted by molar-refractivity contribution is 5.85. The first-order valence-corrected chi connectivity index (χ1v) is 6.93. The molecule has 1 fully saturated rings. The molecule has 2 rings (SSSR count). The number of nitrogens with zero attached hydrogens (tertiary/aromatic N) is 1. The van der Waals surface area contributed by atoms with Gasteiger partial charge in [-0.25, -0.2) is 4.39 Å². The molecule has 1 N–H and O–H groups in total. The number of piperazine rings is 1. The number of hydrogen-bond acceptors (Lipinski definition) is 2. The van der Waals surface area contributed by atoms with Gasteiger partial charge in [0.2, 0.25) is 0 Å². The summed E-state index contributed by atoms with van der Waals surface area (Å²) < 4.78 is 13.5. The predicted octanol–water partition coefficient (Wildman–Crippen LogP) is 3.72. The van der Waals surface area contributed by atoms with Gasteiger partial charge in [0.1, 0.15) is 5.82 Å². The summed E-state index contributed by atoms with van der Waals surface area (Å²) in [5.74, 6) is -0.119. The maximum Gasteiger partial charge on any atom is 0.123 e. The van der Waals surface area contributed by atoms with Gasteiger partial charge in [0, 0.05) is 32.2 Å². The van der Waals surface area contributed by atoms with Crippen molar-refractivity contribution in [2.75, 3.05) is 26.2 Å². The van der Waals surface area contributed by atoms with E-state index in [9.17, 15) is 4.39 Å². The van der Waals surface area contributed by atoms with Crippen LogP contribution in [0, 0.1) is 12.7 Å². The molecule has 0 saturated carbocycles. The van der Waals surface area contributed by atoms with Crippen molar-refractivity contribution in [1.82, 2.24) is 10.2 Å². The monoisotopic (exact) mass is 322 g/mol. The van der Waals surface area contributed by atoms with Gasteiger partial charge in [-0.3, -0.25) is 4.90 Å². The minimum Gasteiger partial charge on any atom is -0.314 e. The van der Waals surface area contributed by atoms with E-state index < -0.39 is 0 Å². The van der Waals surface area contributed by atoms with Crippen molar-refractivity contribution in [2.45, 2.75) is 32.7 Å². The van der Waals surface area contributed by atoms with Crippen LogP contribution in [0.3, 0.4) is 0 Å². The third-order valence-corrected chi connectivity index (χ3v) is 3.75. The van der Waals surface area contributed by atoms with Crippen LogP contribution in [0.5, 0.6) is 0 Å². The van der Waals surface area contributed by atoms with E-state index in [1.54, 1.807) is 12.1 Å². The first kappa shape index (κ1) is 19.7. The summed E-state index contributed by atoms with van der Waals surface area (Å²) >= 11 is 0. The van der Waals surface area contributed by atoms with Crippen LogP contribution >= 0.6 is 24.8 Å². The summed E-state index contributed by atoms with van der Waals surface area (Å²) in [5, 5.41) is 3.37. The van der Waals surface area contributed by atoms with Crippen molar-refractivity contribution in [3.8, 4) is 0 Å². The molecule has 1 heterocycles. The second-order valence-electron chi connectivity index (χ2n) is 5.09. The van der Waals surface area contributed by atoms with Gasteiger partial charge in [0.15, 0.2) is 0 Å². The number of hydrogen-bond donors (Lipinski definition) is 1. The second-order valence-corrected chi connectivity index (χ2v) is 5.09. The number of halogens is 3. The lowest BCUT2D eigenvalue weighted by molar-refractivity contribution is 0.164. The highest BCUT2D eigenvalue weighted by Gasteiger charge is 2.22. The van der Waals surface area contributed by atoms with Crippen molar-refractivity contribution in [1.29, 1.82) is 0 Å². The van der Waals surface area contributed by atoms with E-state index in [0.717, 1.165) is 39.0 Å². The van der Waals surface area contributed by atoms with Gasteiger partial charge in [-0.1, -0.05) is 19.4 Å². The lowest BCUT2D eigenvalue weighted by Gasteiger charge is -2.36. The van der Waals surface area contributed by atoms with Crippen LogP contribution in [0.2, 0.25) is 0 Å². The molecule has 5 heteroatoms. The largest absolute Gasteiger partial charge is 0.314 e. The third-order valence-electron chi connectivity index (χ3n) is 3.75. The second kappa shape index (κ2) is 9.56. The standard InChI is InChI=1S/C15H23FN2.2ClH/c1-3-4-15(18-9-7-17-8-10-18)14-11-13(16)6-5-12(14)2;;/h5-6,11,15,17H,3-4,7-10H2,1-2H3;2*1H/t15-;;/m1../s1. The molecule has 0 radical (unpaired) electrons. The van der Waals surface area contributed by atoms with Crippen LogP contribution < -0.4 is 5.32 Å². The Labute approximate surface area is 133 Å². The number of aryl methyl sites for hydroxylation is 1. The molecule has 0 aliphatic carbocycles. The fourth-order valence-corrected chi connectivity index (χ4v) is 2.77. The van der Waals surface area contributed by atoms with Crippen LogP contribution in [-0.4, -0.2) is 31.1 Å². The molecule has 0 spiro atoms. The van der Waals surface area contributed by atoms with Crippen LogP contribution in [0.1, 0.15) is 36.9 Å². The van der Waals surface area contributed by atoms with Crippen LogP contribution in [-0.2, 0) is 0 Å². The Morgan fingerprint density at radius 3 is 2.50 bits per heavy atom. The summed E-state index contributed by atoms with van der Waals surface area (Å²) in [5.41, 5.74) is 2.37. The van der Waals surface area contributed by atoms with Crippen molar-refractivity contribution in [2.24, 2.45) is 0 Å². The quantitative estimate of drug-likeness (QED) is 0.908. The van der Waals surface area contributed by atoms with Crippen molar-refractivity contribution >= 4 is 24.8 Å². The molecule has 1 aromatic rings. The number of nitrogens with one attached hydrogen (secondary N) is 1. The van der Waals surface area contributed by atoms with Crippen LogP contribution in [0.15, 0.2) is 18.2 Å². The van der Waals surface area contributed by atoms with Gasteiger partial charge in [0.05, 0.1) is 0 Å². The summed E-state index contributed by atoms with van der Waals surface area (Å²) in [6.07, 6.45) is 2.23. The van der Waals surface area contributed by atoms with E-state index in [-0.39, 0.29) is 30.6 Å². The minimum absolute atomic E-state index is 0. The topological polar surface area (TPSA) is 15.3 Å². The summed E-state index contributed by atoms with van der Waals surface area (Å²) in [6, 6.07) is 5.54. The zero-order chi connectivity index (χ0) is 13.0. The summed E-state index contributed by atoms with van der Waals surface area (Å²) in [7, 11) is 0. The fourth-order valence-electron chi connectivity index (χ4n) is 2.77. The van der Waals surface area contributed by atoms with E-state index in [1.165, 1.54) is 11.1 Å². The molecule has 1 aliphatic rings. The SMILES string of the molecule is CCC[C@H](c1cc(F)ccc1C)N1CCNCC1.Cl.Cl. The highest BCUT2D eigenvalue weighted by Crippen LogP contribution is 2.29. The Bertz CT molecular complexity index is 395. The Kier molecular flexibility index (Phi) is 9.39. The molecule has 1 atom stereocenters. The molecular formula is C15H25Cl2FN2. The van der Waals surface area contributed by atoms with E-state index in [0.29, 0.717) is 6.04 Å². The number of rotatable bonds is 4. The van der Waals surface area contributed by atoms with Crippen molar-refractivity contribution < 1.29 is 4.39 Å². The average Bonchev–Trinajstić information content (AvgIpc) is 2.40. The zero-order valence-corrected chi connectivity index (χ0v) is 13.8. The first-order valence-electron chi connectivity index (χ1n) is 6.93. The maximum absolute atomic E-state index is 13.5. The average molecular weight is 323 g/mol. The zero-order valence-electron chi connectivity index (χ0n) is 12.2.